The highest BCUT2D eigenvalue weighted by Gasteiger charge is 2.30. The normalized spacial score (nSPS) is 11.1. The van der Waals surface area contributed by atoms with Crippen LogP contribution in [0.3, 0.4) is 0 Å². The van der Waals surface area contributed by atoms with Gasteiger partial charge in [0.1, 0.15) is 0 Å². The largest absolute Gasteiger partial charge is 0.416 e. The molecule has 0 aliphatic carbocycles. The fourth-order valence-corrected chi connectivity index (χ4v) is 1.72. The van der Waals surface area contributed by atoms with Gasteiger partial charge in [-0.05, 0) is 42.9 Å². The van der Waals surface area contributed by atoms with Crippen molar-refractivity contribution in [2.24, 2.45) is 5.73 Å². The lowest BCUT2D eigenvalue weighted by atomic mass is 10.1. The van der Waals surface area contributed by atoms with E-state index in [1.165, 1.54) is 12.1 Å². The summed E-state index contributed by atoms with van der Waals surface area (Å²) >= 11 is 4.80. The number of thiocarbonyl (C=S) groups is 1. The second kappa shape index (κ2) is 7.95. The van der Waals surface area contributed by atoms with Crippen LogP contribution in [-0.2, 0) is 10.9 Å². The average Bonchev–Trinajstić information content (AvgIpc) is 2.45. The fourth-order valence-electron chi connectivity index (χ4n) is 1.59. The molecule has 3 N–H and O–H groups in total. The lowest BCUT2D eigenvalue weighted by molar-refractivity contribution is -0.137. The first-order chi connectivity index (χ1) is 10.3. The number of amides is 1. The van der Waals surface area contributed by atoms with E-state index in [0.29, 0.717) is 19.6 Å². The van der Waals surface area contributed by atoms with Crippen molar-refractivity contribution in [2.45, 2.75) is 12.6 Å². The number of carbonyl (C=O) groups excluding carboxylic acids is 1. The van der Waals surface area contributed by atoms with Gasteiger partial charge in [0.25, 0.3) is 5.91 Å². The number of hydrogen-bond acceptors (Lipinski definition) is 3. The summed E-state index contributed by atoms with van der Waals surface area (Å²) in [5.41, 5.74) is 7.17. The molecule has 0 aliphatic heterocycles. The van der Waals surface area contributed by atoms with Crippen molar-refractivity contribution in [3.05, 3.63) is 35.4 Å². The van der Waals surface area contributed by atoms with Crippen molar-refractivity contribution in [1.82, 2.24) is 10.4 Å². The number of methoxy groups -OCH3 is 1. The van der Waals surface area contributed by atoms with Gasteiger partial charge >= 0.3 is 6.18 Å². The molecule has 0 aromatic heterocycles. The molecule has 0 bridgehead atoms. The topological polar surface area (TPSA) is 67.6 Å². The number of nitrogens with one attached hydrogen (secondary N) is 1. The van der Waals surface area contributed by atoms with Gasteiger partial charge in [0.2, 0.25) is 0 Å². The van der Waals surface area contributed by atoms with E-state index in [9.17, 15) is 18.0 Å². The third-order valence-electron chi connectivity index (χ3n) is 2.71. The maximum atomic E-state index is 12.5. The lowest BCUT2D eigenvalue weighted by Crippen LogP contribution is -2.49. The third-order valence-corrected chi connectivity index (χ3v) is 2.93. The SMILES string of the molecule is COCCCN(NC(=O)c1ccc(C(F)(F)F)cc1)C(N)=S. The van der Waals surface area contributed by atoms with E-state index in [2.05, 4.69) is 5.43 Å². The van der Waals surface area contributed by atoms with E-state index in [1.807, 2.05) is 0 Å². The molecule has 0 unspecified atom stereocenters. The molecule has 0 spiro atoms. The Morgan fingerprint density at radius 2 is 1.95 bits per heavy atom. The van der Waals surface area contributed by atoms with Gasteiger partial charge in [-0.3, -0.25) is 15.2 Å². The molecular weight excluding hydrogens is 319 g/mol. The molecular formula is C13H16F3N3O2S. The van der Waals surface area contributed by atoms with Gasteiger partial charge in [-0.25, -0.2) is 0 Å². The molecule has 9 heteroatoms. The summed E-state index contributed by atoms with van der Waals surface area (Å²) in [5, 5.41) is 1.20. The highest BCUT2D eigenvalue weighted by atomic mass is 32.1. The van der Waals surface area contributed by atoms with Crippen molar-refractivity contribution in [1.29, 1.82) is 0 Å². The number of benzene rings is 1. The molecule has 1 aromatic carbocycles. The summed E-state index contributed by atoms with van der Waals surface area (Å²) in [6, 6.07) is 3.85. The number of halogens is 3. The van der Waals surface area contributed by atoms with Crippen molar-refractivity contribution < 1.29 is 22.7 Å². The molecule has 1 aromatic rings. The Bertz CT molecular complexity index is 520. The Hall–Kier alpha value is -1.87. The van der Waals surface area contributed by atoms with Crippen LogP contribution in [0.2, 0.25) is 0 Å². The predicted molar refractivity (Wildman–Crippen MR) is 78.9 cm³/mol. The van der Waals surface area contributed by atoms with E-state index in [4.69, 9.17) is 22.7 Å². The van der Waals surface area contributed by atoms with E-state index in [1.54, 1.807) is 0 Å². The minimum atomic E-state index is -4.44. The van der Waals surface area contributed by atoms with Gasteiger partial charge in [-0.1, -0.05) is 0 Å². The van der Waals surface area contributed by atoms with E-state index in [0.717, 1.165) is 24.3 Å². The zero-order valence-electron chi connectivity index (χ0n) is 11.8. The third kappa shape index (κ3) is 5.49. The van der Waals surface area contributed by atoms with Crippen molar-refractivity contribution in [2.75, 3.05) is 20.3 Å². The zero-order chi connectivity index (χ0) is 16.8. The summed E-state index contributed by atoms with van der Waals surface area (Å²) in [5.74, 6) is -0.598. The van der Waals surface area contributed by atoms with Crippen LogP contribution in [0.15, 0.2) is 24.3 Å². The van der Waals surface area contributed by atoms with Gasteiger partial charge in [-0.15, -0.1) is 0 Å². The molecule has 5 nitrogen and oxygen atoms in total. The molecule has 0 saturated heterocycles. The van der Waals surface area contributed by atoms with Gasteiger partial charge in [-0.2, -0.15) is 13.2 Å². The highest BCUT2D eigenvalue weighted by molar-refractivity contribution is 7.80. The number of ether oxygens (including phenoxy) is 1. The first-order valence-corrected chi connectivity index (χ1v) is 6.70. The van der Waals surface area contributed by atoms with Crippen LogP contribution in [0.4, 0.5) is 13.2 Å². The average molecular weight is 335 g/mol. The second-order valence-electron chi connectivity index (χ2n) is 4.35. The van der Waals surface area contributed by atoms with Crippen LogP contribution < -0.4 is 11.2 Å². The summed E-state index contributed by atoms with van der Waals surface area (Å²) in [6.07, 6.45) is -3.87. The Balaban J connectivity index is 2.71. The van der Waals surface area contributed by atoms with Gasteiger partial charge < -0.3 is 10.5 Å². The van der Waals surface area contributed by atoms with E-state index >= 15 is 0 Å². The number of hydrazine groups is 1. The Kier molecular flexibility index (Phi) is 6.57. The van der Waals surface area contributed by atoms with Crippen molar-refractivity contribution >= 4 is 23.2 Å². The zero-order valence-corrected chi connectivity index (χ0v) is 12.6. The number of alkyl halides is 3. The summed E-state index contributed by atoms with van der Waals surface area (Å²) in [4.78, 5) is 12.0. The predicted octanol–water partition coefficient (Wildman–Crippen LogP) is 1.93. The smallest absolute Gasteiger partial charge is 0.385 e. The van der Waals surface area contributed by atoms with Crippen LogP contribution >= 0.6 is 12.2 Å². The summed E-state index contributed by atoms with van der Waals surface area (Å²) < 4.78 is 42.2. The molecule has 0 saturated carbocycles. The number of nitrogens with zero attached hydrogens (tertiary/aromatic N) is 1. The number of hydrogen-bond donors (Lipinski definition) is 2. The molecule has 22 heavy (non-hydrogen) atoms. The number of nitrogens with two attached hydrogens (primary N) is 1. The van der Waals surface area contributed by atoms with Crippen LogP contribution in [0.5, 0.6) is 0 Å². The standard InChI is InChI=1S/C13H16F3N3O2S/c1-21-8-2-7-19(12(17)22)18-11(20)9-3-5-10(6-4-9)13(14,15)16/h3-6H,2,7-8H2,1H3,(H2,17,22)(H,18,20). The quantitative estimate of drug-likeness (QED) is 0.489. The molecule has 0 radical (unpaired) electrons. The van der Waals surface area contributed by atoms with E-state index < -0.39 is 17.6 Å². The van der Waals surface area contributed by atoms with Gasteiger partial charge in [0, 0.05) is 25.8 Å². The summed E-state index contributed by atoms with van der Waals surface area (Å²) in [6.45, 7) is 0.783. The first-order valence-electron chi connectivity index (χ1n) is 6.30. The lowest BCUT2D eigenvalue weighted by Gasteiger charge is -2.23. The Labute approximate surface area is 131 Å². The first kappa shape index (κ1) is 18.2. The van der Waals surface area contributed by atoms with Crippen molar-refractivity contribution in [3.8, 4) is 0 Å². The molecule has 0 aliphatic rings. The van der Waals surface area contributed by atoms with Crippen molar-refractivity contribution in [3.63, 3.8) is 0 Å². The maximum Gasteiger partial charge on any atom is 0.416 e. The molecule has 0 fully saturated rings. The number of rotatable bonds is 5. The fraction of sp³-hybridized carbons (Fsp3) is 0.385. The molecule has 1 amide bonds. The molecule has 1 rings (SSSR count). The minimum absolute atomic E-state index is 0.0450. The van der Waals surface area contributed by atoms with Gasteiger partial charge in [0.05, 0.1) is 5.56 Å². The summed E-state index contributed by atoms with van der Waals surface area (Å²) in [7, 11) is 1.53. The van der Waals surface area contributed by atoms with Crippen LogP contribution in [0, 0.1) is 0 Å². The van der Waals surface area contributed by atoms with Crippen LogP contribution in [0.1, 0.15) is 22.3 Å². The minimum Gasteiger partial charge on any atom is -0.385 e. The molecule has 0 atom stereocenters. The second-order valence-corrected chi connectivity index (χ2v) is 4.77. The Morgan fingerprint density at radius 3 is 2.41 bits per heavy atom. The van der Waals surface area contributed by atoms with E-state index in [-0.39, 0.29) is 10.7 Å². The van der Waals surface area contributed by atoms with Crippen LogP contribution in [0.25, 0.3) is 0 Å². The number of carbonyl (C=O) groups is 1. The monoisotopic (exact) mass is 335 g/mol. The molecule has 0 heterocycles. The Morgan fingerprint density at radius 1 is 1.36 bits per heavy atom. The highest BCUT2D eigenvalue weighted by Crippen LogP contribution is 2.29. The van der Waals surface area contributed by atoms with Gasteiger partial charge in [0.15, 0.2) is 5.11 Å². The molecule has 122 valence electrons. The maximum absolute atomic E-state index is 12.5. The van der Waals surface area contributed by atoms with Crippen LogP contribution in [-0.4, -0.2) is 36.3 Å².